The largest absolute Gasteiger partial charge is 0.543 e. The Kier molecular flexibility index (Phi) is 4.06. The lowest BCUT2D eigenvalue weighted by Gasteiger charge is -2.37. The molecule has 18 heavy (non-hydrogen) atoms. The van der Waals surface area contributed by atoms with Crippen LogP contribution in [0.15, 0.2) is 18.2 Å². The molecule has 0 saturated heterocycles. The molecule has 0 bridgehead atoms. The minimum atomic E-state index is -1.85. The molecule has 0 atom stereocenters. The molecule has 2 nitrogen and oxygen atoms in total. The van der Waals surface area contributed by atoms with Gasteiger partial charge in [0.05, 0.1) is 0 Å². The van der Waals surface area contributed by atoms with Gasteiger partial charge in [-0.15, -0.1) is 0 Å². The molecule has 1 aromatic rings. The Hall–Kier alpha value is -1.09. The van der Waals surface area contributed by atoms with Gasteiger partial charge in [-0.3, -0.25) is 4.79 Å². The quantitative estimate of drug-likeness (QED) is 0.590. The predicted octanol–water partition coefficient (Wildman–Crippen LogP) is 4.58. The molecule has 0 heterocycles. The van der Waals surface area contributed by atoms with E-state index in [1.807, 2.05) is 25.1 Å². The van der Waals surface area contributed by atoms with Gasteiger partial charge in [0.15, 0.2) is 5.78 Å². The Morgan fingerprint density at radius 2 is 1.78 bits per heavy atom. The predicted molar refractivity (Wildman–Crippen MR) is 79.0 cm³/mol. The summed E-state index contributed by atoms with van der Waals surface area (Å²) in [6.07, 6.45) is 0. The Morgan fingerprint density at radius 1 is 1.22 bits per heavy atom. The SMILES string of the molecule is CC(=O)c1ccc(C)c(O[Si](C)(C)C(C)(C)C)c1. The molecule has 0 amide bonds. The first-order valence-corrected chi connectivity index (χ1v) is 9.26. The number of benzene rings is 1. The molecule has 0 aliphatic heterocycles. The van der Waals surface area contributed by atoms with Crippen LogP contribution in [0.4, 0.5) is 0 Å². The minimum absolute atomic E-state index is 0.0788. The number of Topliss-reactive ketones (excluding diaryl/α,β-unsaturated/α-hetero) is 1. The van der Waals surface area contributed by atoms with Gasteiger partial charge in [-0.25, -0.2) is 0 Å². The van der Waals surface area contributed by atoms with Crippen molar-refractivity contribution >= 4 is 14.1 Å². The fourth-order valence-electron chi connectivity index (χ4n) is 1.36. The Labute approximate surface area is 111 Å². The summed E-state index contributed by atoms with van der Waals surface area (Å²) >= 11 is 0. The number of carbonyl (C=O) groups is 1. The van der Waals surface area contributed by atoms with Gasteiger partial charge in [0.1, 0.15) is 5.75 Å². The number of hydrogen-bond donors (Lipinski definition) is 0. The van der Waals surface area contributed by atoms with Crippen LogP contribution in [0.1, 0.15) is 43.6 Å². The van der Waals surface area contributed by atoms with Crippen LogP contribution in [0.3, 0.4) is 0 Å². The van der Waals surface area contributed by atoms with E-state index in [9.17, 15) is 4.79 Å². The van der Waals surface area contributed by atoms with E-state index in [-0.39, 0.29) is 10.8 Å². The molecule has 0 aromatic heterocycles. The Bertz CT molecular complexity index is 456. The summed E-state index contributed by atoms with van der Waals surface area (Å²) < 4.78 is 6.27. The zero-order chi connectivity index (χ0) is 14.1. The number of rotatable bonds is 3. The maximum Gasteiger partial charge on any atom is 0.250 e. The highest BCUT2D eigenvalue weighted by molar-refractivity contribution is 6.74. The third-order valence-corrected chi connectivity index (χ3v) is 8.11. The number of aryl methyl sites for hydroxylation is 1. The van der Waals surface area contributed by atoms with Crippen LogP contribution in [0.2, 0.25) is 18.1 Å². The van der Waals surface area contributed by atoms with E-state index in [4.69, 9.17) is 4.43 Å². The standard InChI is InChI=1S/C15H24O2Si/c1-11-8-9-13(12(2)16)10-14(11)17-18(6,7)15(3,4)5/h8-10H,1-7H3. The summed E-state index contributed by atoms with van der Waals surface area (Å²) in [7, 11) is -1.85. The van der Waals surface area contributed by atoms with Crippen LogP contribution in [-0.2, 0) is 0 Å². The van der Waals surface area contributed by atoms with Crippen LogP contribution >= 0.6 is 0 Å². The van der Waals surface area contributed by atoms with E-state index in [0.29, 0.717) is 5.56 Å². The van der Waals surface area contributed by atoms with Gasteiger partial charge in [0.25, 0.3) is 0 Å². The third-order valence-electron chi connectivity index (χ3n) is 3.77. The fourth-order valence-corrected chi connectivity index (χ4v) is 2.43. The molecule has 0 aliphatic rings. The summed E-state index contributed by atoms with van der Waals surface area (Å²) in [6, 6.07) is 5.69. The maximum atomic E-state index is 11.4. The molecule has 1 rings (SSSR count). The van der Waals surface area contributed by atoms with Crippen LogP contribution in [0, 0.1) is 6.92 Å². The molecule has 100 valence electrons. The van der Waals surface area contributed by atoms with Crippen molar-refractivity contribution in [2.75, 3.05) is 0 Å². The average Bonchev–Trinajstić information content (AvgIpc) is 2.18. The van der Waals surface area contributed by atoms with E-state index in [1.165, 1.54) is 0 Å². The van der Waals surface area contributed by atoms with E-state index < -0.39 is 8.32 Å². The van der Waals surface area contributed by atoms with Crippen molar-refractivity contribution in [2.45, 2.75) is 52.8 Å². The summed E-state index contributed by atoms with van der Waals surface area (Å²) in [5, 5.41) is 0.158. The normalized spacial score (nSPS) is 12.4. The Balaban J connectivity index is 3.11. The molecule has 0 aliphatic carbocycles. The topological polar surface area (TPSA) is 26.3 Å². The van der Waals surface area contributed by atoms with Crippen molar-refractivity contribution in [2.24, 2.45) is 0 Å². The number of hydrogen-bond acceptors (Lipinski definition) is 2. The van der Waals surface area contributed by atoms with E-state index in [1.54, 1.807) is 6.92 Å². The molecular weight excluding hydrogens is 240 g/mol. The van der Waals surface area contributed by atoms with Gasteiger partial charge in [-0.05, 0) is 43.6 Å². The lowest BCUT2D eigenvalue weighted by Crippen LogP contribution is -2.44. The second-order valence-corrected chi connectivity index (χ2v) is 11.1. The second kappa shape index (κ2) is 4.88. The van der Waals surface area contributed by atoms with Crippen molar-refractivity contribution in [1.29, 1.82) is 0 Å². The van der Waals surface area contributed by atoms with Crippen molar-refractivity contribution < 1.29 is 9.22 Å². The Morgan fingerprint density at radius 3 is 2.22 bits per heavy atom. The van der Waals surface area contributed by atoms with Gasteiger partial charge >= 0.3 is 0 Å². The highest BCUT2D eigenvalue weighted by Crippen LogP contribution is 2.38. The first-order chi connectivity index (χ1) is 8.04. The molecule has 0 spiro atoms. The van der Waals surface area contributed by atoms with Crippen LogP contribution in [0.25, 0.3) is 0 Å². The molecule has 3 heteroatoms. The monoisotopic (exact) mass is 264 g/mol. The van der Waals surface area contributed by atoms with E-state index in [2.05, 4.69) is 33.9 Å². The molecular formula is C15H24O2Si. The van der Waals surface area contributed by atoms with E-state index in [0.717, 1.165) is 11.3 Å². The molecule has 0 N–H and O–H groups in total. The van der Waals surface area contributed by atoms with Crippen LogP contribution in [0.5, 0.6) is 5.75 Å². The molecule has 1 aromatic carbocycles. The highest BCUT2D eigenvalue weighted by Gasteiger charge is 2.39. The van der Waals surface area contributed by atoms with Gasteiger partial charge < -0.3 is 4.43 Å². The first kappa shape index (κ1) is 15.0. The lowest BCUT2D eigenvalue weighted by atomic mass is 10.1. The molecule has 0 unspecified atom stereocenters. The zero-order valence-electron chi connectivity index (χ0n) is 12.5. The van der Waals surface area contributed by atoms with Crippen molar-refractivity contribution in [3.8, 4) is 5.75 Å². The first-order valence-electron chi connectivity index (χ1n) is 6.35. The second-order valence-electron chi connectivity index (χ2n) is 6.40. The van der Waals surface area contributed by atoms with Crippen molar-refractivity contribution in [3.63, 3.8) is 0 Å². The average molecular weight is 264 g/mol. The van der Waals surface area contributed by atoms with Gasteiger partial charge in [0, 0.05) is 5.56 Å². The van der Waals surface area contributed by atoms with Crippen molar-refractivity contribution in [1.82, 2.24) is 0 Å². The maximum absolute atomic E-state index is 11.4. The van der Waals surface area contributed by atoms with Gasteiger partial charge in [-0.1, -0.05) is 32.9 Å². The zero-order valence-corrected chi connectivity index (χ0v) is 13.5. The summed E-state index contributed by atoms with van der Waals surface area (Å²) in [5.41, 5.74) is 1.80. The summed E-state index contributed by atoms with van der Waals surface area (Å²) in [5.74, 6) is 0.935. The minimum Gasteiger partial charge on any atom is -0.543 e. The molecule has 0 saturated carbocycles. The number of ketones is 1. The summed E-state index contributed by atoms with van der Waals surface area (Å²) in [6.45, 7) is 14.7. The molecule has 0 fully saturated rings. The van der Waals surface area contributed by atoms with Gasteiger partial charge in [-0.2, -0.15) is 0 Å². The smallest absolute Gasteiger partial charge is 0.250 e. The van der Waals surface area contributed by atoms with Crippen LogP contribution in [-0.4, -0.2) is 14.1 Å². The summed E-state index contributed by atoms with van der Waals surface area (Å²) in [4.78, 5) is 11.4. The molecule has 0 radical (unpaired) electrons. The number of carbonyl (C=O) groups excluding carboxylic acids is 1. The van der Waals surface area contributed by atoms with Crippen LogP contribution < -0.4 is 4.43 Å². The highest BCUT2D eigenvalue weighted by atomic mass is 28.4. The third kappa shape index (κ3) is 3.22. The van der Waals surface area contributed by atoms with E-state index >= 15 is 0 Å². The van der Waals surface area contributed by atoms with Crippen molar-refractivity contribution in [3.05, 3.63) is 29.3 Å². The van der Waals surface area contributed by atoms with Gasteiger partial charge in [0.2, 0.25) is 8.32 Å². The fraction of sp³-hybridized carbons (Fsp3) is 0.533. The lowest BCUT2D eigenvalue weighted by molar-refractivity contribution is 0.101.